The minimum atomic E-state index is -0.491. The van der Waals surface area contributed by atoms with E-state index in [1.54, 1.807) is 11.9 Å². The summed E-state index contributed by atoms with van der Waals surface area (Å²) in [5.74, 6) is -0.500. The molecule has 0 saturated carbocycles. The molecule has 0 bridgehead atoms. The quantitative estimate of drug-likeness (QED) is 0.895. The second kappa shape index (κ2) is 6.52. The van der Waals surface area contributed by atoms with Gasteiger partial charge in [0.05, 0.1) is 5.92 Å². The van der Waals surface area contributed by atoms with Crippen LogP contribution in [0, 0.1) is 5.92 Å². The highest BCUT2D eigenvalue weighted by Gasteiger charge is 2.47. The number of hydrogen-bond donors (Lipinski definition) is 1. The van der Waals surface area contributed by atoms with Gasteiger partial charge in [0, 0.05) is 29.7 Å². The number of benzene rings is 2. The van der Waals surface area contributed by atoms with Crippen molar-refractivity contribution in [3.63, 3.8) is 0 Å². The number of amides is 2. The van der Waals surface area contributed by atoms with Gasteiger partial charge in [-0.2, -0.15) is 0 Å². The third-order valence-electron chi connectivity index (χ3n) is 5.09. The maximum Gasteiger partial charge on any atom is 0.230 e. The van der Waals surface area contributed by atoms with Crippen LogP contribution in [0.5, 0.6) is 0 Å². The van der Waals surface area contributed by atoms with E-state index in [1.165, 1.54) is 0 Å². The molecule has 0 aliphatic carbocycles. The van der Waals surface area contributed by atoms with Gasteiger partial charge in [0.1, 0.15) is 0 Å². The van der Waals surface area contributed by atoms with E-state index in [0.29, 0.717) is 5.02 Å². The number of nitrogens with zero attached hydrogens (tertiary/aromatic N) is 1. The first kappa shape index (κ1) is 17.5. The summed E-state index contributed by atoms with van der Waals surface area (Å²) in [5, 5.41) is 3.64. The average Bonchev–Trinajstić information content (AvgIpc) is 2.79. The predicted octanol–water partition coefficient (Wildman–Crippen LogP) is 4.20. The van der Waals surface area contributed by atoms with Gasteiger partial charge in [0.25, 0.3) is 0 Å². The molecule has 130 valence electrons. The first-order valence-electron chi connectivity index (χ1n) is 8.22. The second-order valence-corrected chi connectivity index (χ2v) is 7.38. The van der Waals surface area contributed by atoms with Crippen LogP contribution in [-0.4, -0.2) is 29.3 Å². The predicted molar refractivity (Wildman–Crippen MR) is 100 cm³/mol. The van der Waals surface area contributed by atoms with Crippen molar-refractivity contribution in [3.8, 4) is 11.1 Å². The van der Waals surface area contributed by atoms with Crippen molar-refractivity contribution in [1.82, 2.24) is 4.90 Å². The number of anilines is 1. The van der Waals surface area contributed by atoms with E-state index in [9.17, 15) is 9.59 Å². The fourth-order valence-electron chi connectivity index (χ4n) is 3.18. The van der Waals surface area contributed by atoms with Crippen molar-refractivity contribution in [1.29, 1.82) is 0 Å². The van der Waals surface area contributed by atoms with Gasteiger partial charge in [-0.1, -0.05) is 35.9 Å². The van der Waals surface area contributed by atoms with Crippen LogP contribution in [0.4, 0.5) is 5.69 Å². The van der Waals surface area contributed by atoms with E-state index in [-0.39, 0.29) is 24.2 Å². The zero-order valence-electron chi connectivity index (χ0n) is 14.5. The Hall–Kier alpha value is -2.33. The molecule has 4 nitrogen and oxygen atoms in total. The molecule has 5 heteroatoms. The monoisotopic (exact) mass is 356 g/mol. The van der Waals surface area contributed by atoms with Crippen LogP contribution in [0.15, 0.2) is 48.5 Å². The van der Waals surface area contributed by atoms with Crippen LogP contribution in [0.3, 0.4) is 0 Å². The zero-order valence-corrected chi connectivity index (χ0v) is 15.3. The van der Waals surface area contributed by atoms with E-state index < -0.39 is 5.54 Å². The van der Waals surface area contributed by atoms with Gasteiger partial charge in [-0.25, -0.2) is 0 Å². The van der Waals surface area contributed by atoms with Crippen LogP contribution in [0.2, 0.25) is 5.02 Å². The molecule has 1 aliphatic rings. The van der Waals surface area contributed by atoms with Gasteiger partial charge in [-0.3, -0.25) is 9.59 Å². The lowest BCUT2D eigenvalue weighted by atomic mass is 9.87. The molecule has 1 saturated heterocycles. The SMILES string of the molecule is CN1C(=O)CC(C(=O)Nc2cccc(-c3ccc(Cl)cc3)c2)C1(C)C. The molecule has 0 radical (unpaired) electrons. The molecule has 25 heavy (non-hydrogen) atoms. The third-order valence-corrected chi connectivity index (χ3v) is 5.35. The first-order chi connectivity index (χ1) is 11.8. The van der Waals surface area contributed by atoms with Crippen molar-refractivity contribution in [2.75, 3.05) is 12.4 Å². The number of halogens is 1. The number of nitrogens with one attached hydrogen (secondary N) is 1. The van der Waals surface area contributed by atoms with Gasteiger partial charge in [0.2, 0.25) is 11.8 Å². The van der Waals surface area contributed by atoms with Crippen molar-refractivity contribution >= 4 is 29.1 Å². The summed E-state index contributed by atoms with van der Waals surface area (Å²) in [6.45, 7) is 3.85. The highest BCUT2D eigenvalue weighted by molar-refractivity contribution is 6.30. The number of rotatable bonds is 3. The normalized spacial score (nSPS) is 19.1. The molecule has 1 fully saturated rings. The van der Waals surface area contributed by atoms with Crippen molar-refractivity contribution in [3.05, 3.63) is 53.6 Å². The van der Waals surface area contributed by atoms with Gasteiger partial charge in [-0.05, 0) is 49.2 Å². The Labute approximate surface area is 152 Å². The lowest BCUT2D eigenvalue weighted by Crippen LogP contribution is -2.45. The summed E-state index contributed by atoms with van der Waals surface area (Å²) >= 11 is 5.93. The molecule has 1 N–H and O–H groups in total. The lowest BCUT2D eigenvalue weighted by molar-refractivity contribution is -0.128. The van der Waals surface area contributed by atoms with Crippen molar-refractivity contribution in [2.45, 2.75) is 25.8 Å². The standard InChI is InChI=1S/C20H21ClN2O2/c1-20(2)17(12-18(24)23(20)3)19(25)22-16-6-4-5-14(11-16)13-7-9-15(21)10-8-13/h4-11,17H,12H2,1-3H3,(H,22,25). The number of carbonyl (C=O) groups excluding carboxylic acids is 2. The zero-order chi connectivity index (χ0) is 18.2. The Morgan fingerprint density at radius 2 is 1.84 bits per heavy atom. The number of hydrogen-bond acceptors (Lipinski definition) is 2. The molecule has 3 rings (SSSR count). The summed E-state index contributed by atoms with van der Waals surface area (Å²) in [4.78, 5) is 26.3. The van der Waals surface area contributed by atoms with Crippen LogP contribution >= 0.6 is 11.6 Å². The van der Waals surface area contributed by atoms with Crippen LogP contribution in [0.25, 0.3) is 11.1 Å². The minimum Gasteiger partial charge on any atom is -0.340 e. The molecule has 0 aromatic heterocycles. The fraction of sp³-hybridized carbons (Fsp3) is 0.300. The number of likely N-dealkylation sites (tertiary alicyclic amines) is 1. The molecule has 2 aromatic carbocycles. The Morgan fingerprint density at radius 3 is 2.44 bits per heavy atom. The lowest BCUT2D eigenvalue weighted by Gasteiger charge is -2.32. The molecule has 1 aliphatic heterocycles. The highest BCUT2D eigenvalue weighted by atomic mass is 35.5. The Kier molecular flexibility index (Phi) is 4.56. The van der Waals surface area contributed by atoms with Gasteiger partial charge in [-0.15, -0.1) is 0 Å². The maximum atomic E-state index is 12.7. The summed E-state index contributed by atoms with van der Waals surface area (Å²) in [7, 11) is 1.75. The molecular weight excluding hydrogens is 336 g/mol. The van der Waals surface area contributed by atoms with E-state index >= 15 is 0 Å². The first-order valence-corrected chi connectivity index (χ1v) is 8.60. The van der Waals surface area contributed by atoms with Crippen molar-refractivity contribution < 1.29 is 9.59 Å². The maximum absolute atomic E-state index is 12.7. The van der Waals surface area contributed by atoms with E-state index in [0.717, 1.165) is 16.8 Å². The van der Waals surface area contributed by atoms with Crippen LogP contribution < -0.4 is 5.32 Å². The summed E-state index contributed by atoms with van der Waals surface area (Å²) in [6.07, 6.45) is 0.242. The molecule has 0 spiro atoms. The molecule has 1 heterocycles. The molecule has 2 aromatic rings. The fourth-order valence-corrected chi connectivity index (χ4v) is 3.30. The van der Waals surface area contributed by atoms with E-state index in [2.05, 4.69) is 5.32 Å². The molecule has 2 amide bonds. The average molecular weight is 357 g/mol. The summed E-state index contributed by atoms with van der Waals surface area (Å²) in [6, 6.07) is 15.2. The smallest absolute Gasteiger partial charge is 0.230 e. The topological polar surface area (TPSA) is 49.4 Å². The largest absolute Gasteiger partial charge is 0.340 e. The Morgan fingerprint density at radius 1 is 1.16 bits per heavy atom. The third kappa shape index (κ3) is 3.40. The highest BCUT2D eigenvalue weighted by Crippen LogP contribution is 2.35. The summed E-state index contributed by atoms with van der Waals surface area (Å²) in [5.41, 5.74) is 2.25. The molecular formula is C20H21ClN2O2. The van der Waals surface area contributed by atoms with E-state index in [4.69, 9.17) is 11.6 Å². The minimum absolute atomic E-state index is 0.0000602. The summed E-state index contributed by atoms with van der Waals surface area (Å²) < 4.78 is 0. The van der Waals surface area contributed by atoms with Gasteiger partial charge in [0.15, 0.2) is 0 Å². The van der Waals surface area contributed by atoms with Crippen LogP contribution in [-0.2, 0) is 9.59 Å². The second-order valence-electron chi connectivity index (χ2n) is 6.94. The molecule has 1 unspecified atom stereocenters. The van der Waals surface area contributed by atoms with Crippen molar-refractivity contribution in [2.24, 2.45) is 5.92 Å². The van der Waals surface area contributed by atoms with Gasteiger partial charge >= 0.3 is 0 Å². The Bertz CT molecular complexity index is 815. The van der Waals surface area contributed by atoms with Gasteiger partial charge < -0.3 is 10.2 Å². The van der Waals surface area contributed by atoms with E-state index in [1.807, 2.05) is 62.4 Å². The number of carbonyl (C=O) groups is 2. The Balaban J connectivity index is 1.80. The molecule has 1 atom stereocenters. The van der Waals surface area contributed by atoms with Crippen LogP contribution in [0.1, 0.15) is 20.3 Å².